The summed E-state index contributed by atoms with van der Waals surface area (Å²) in [5.41, 5.74) is 2.19. The number of hydrogen-bond donors (Lipinski definition) is 1. The molecule has 0 bridgehead atoms. The Morgan fingerprint density at radius 1 is 1.46 bits per heavy atom. The van der Waals surface area contributed by atoms with Gasteiger partial charge in [0, 0.05) is 15.4 Å². The van der Waals surface area contributed by atoms with E-state index in [0.29, 0.717) is 5.75 Å². The molecule has 0 aliphatic carbocycles. The van der Waals surface area contributed by atoms with Crippen molar-refractivity contribution < 1.29 is 5.11 Å². The number of aromatic hydroxyl groups is 1. The van der Waals surface area contributed by atoms with Crippen LogP contribution in [0.5, 0.6) is 5.75 Å². The third-order valence-corrected chi connectivity index (χ3v) is 3.71. The van der Waals surface area contributed by atoms with Crippen molar-refractivity contribution in [3.05, 3.63) is 28.6 Å². The minimum Gasteiger partial charge on any atom is -0.508 e. The van der Waals surface area contributed by atoms with Crippen LogP contribution in [0, 0.1) is 6.92 Å². The van der Waals surface area contributed by atoms with E-state index in [9.17, 15) is 5.11 Å². The van der Waals surface area contributed by atoms with Crippen LogP contribution in [-0.4, -0.2) is 5.11 Å². The first-order chi connectivity index (χ1) is 6.22. The van der Waals surface area contributed by atoms with Gasteiger partial charge in [-0.25, -0.2) is 0 Å². The molecule has 0 amide bonds. The fraction of sp³-hybridized carbons (Fsp3) is 0.200. The van der Waals surface area contributed by atoms with E-state index >= 15 is 0 Å². The summed E-state index contributed by atoms with van der Waals surface area (Å²) in [6.07, 6.45) is 0. The molecule has 3 heteroatoms. The van der Waals surface area contributed by atoms with Gasteiger partial charge in [-0.05, 0) is 35.6 Å². The normalized spacial score (nSPS) is 10.9. The number of fused-ring (bicyclic) bond motifs is 1. The van der Waals surface area contributed by atoms with Crippen LogP contribution in [-0.2, 0) is 5.33 Å². The first-order valence-corrected chi connectivity index (χ1v) is 5.98. The van der Waals surface area contributed by atoms with Gasteiger partial charge in [0.2, 0.25) is 0 Å². The predicted octanol–water partition coefficient (Wildman–Crippen LogP) is 3.81. The van der Waals surface area contributed by atoms with Crippen molar-refractivity contribution in [1.29, 1.82) is 0 Å². The lowest BCUT2D eigenvalue weighted by molar-refractivity contribution is 0.472. The van der Waals surface area contributed by atoms with Crippen molar-refractivity contribution in [1.82, 2.24) is 0 Å². The highest BCUT2D eigenvalue weighted by molar-refractivity contribution is 9.08. The number of halogens is 1. The summed E-state index contributed by atoms with van der Waals surface area (Å²) in [5, 5.41) is 13.7. The standard InChI is InChI=1S/C10H9BrOS/c1-6-2-10-8(3-9(6)12)7(4-11)5-13-10/h2-3,5,12H,4H2,1H3. The molecular formula is C10H9BrOS. The number of alkyl halides is 1. The van der Waals surface area contributed by atoms with Crippen molar-refractivity contribution >= 4 is 37.4 Å². The summed E-state index contributed by atoms with van der Waals surface area (Å²) in [4.78, 5) is 0. The molecule has 0 unspecified atom stereocenters. The Morgan fingerprint density at radius 3 is 2.92 bits per heavy atom. The number of thiophene rings is 1. The Kier molecular flexibility index (Phi) is 2.30. The molecule has 2 rings (SSSR count). The fourth-order valence-corrected chi connectivity index (χ4v) is 3.04. The highest BCUT2D eigenvalue weighted by atomic mass is 79.9. The number of phenolic OH excluding ortho intramolecular Hbond substituents is 1. The van der Waals surface area contributed by atoms with Gasteiger partial charge >= 0.3 is 0 Å². The van der Waals surface area contributed by atoms with Crippen LogP contribution >= 0.6 is 27.3 Å². The molecule has 2 aromatic rings. The zero-order chi connectivity index (χ0) is 9.42. The summed E-state index contributed by atoms with van der Waals surface area (Å²) in [6, 6.07) is 3.87. The molecule has 0 saturated heterocycles. The number of phenols is 1. The van der Waals surface area contributed by atoms with Crippen LogP contribution in [0.25, 0.3) is 10.1 Å². The Balaban J connectivity index is 2.77. The van der Waals surface area contributed by atoms with Crippen LogP contribution in [0.2, 0.25) is 0 Å². The molecule has 0 saturated carbocycles. The Hall–Kier alpha value is -0.540. The molecule has 0 radical (unpaired) electrons. The molecule has 68 valence electrons. The summed E-state index contributed by atoms with van der Waals surface area (Å²) in [6.45, 7) is 1.92. The van der Waals surface area contributed by atoms with Crippen LogP contribution in [0.15, 0.2) is 17.5 Å². The Morgan fingerprint density at radius 2 is 2.23 bits per heavy atom. The molecule has 0 fully saturated rings. The van der Waals surface area contributed by atoms with Crippen molar-refractivity contribution in [3.63, 3.8) is 0 Å². The lowest BCUT2D eigenvalue weighted by atomic mass is 10.1. The maximum Gasteiger partial charge on any atom is 0.119 e. The van der Waals surface area contributed by atoms with Crippen LogP contribution in [0.3, 0.4) is 0 Å². The summed E-state index contributed by atoms with van der Waals surface area (Å²) >= 11 is 5.15. The highest BCUT2D eigenvalue weighted by Crippen LogP contribution is 2.32. The second kappa shape index (κ2) is 3.31. The van der Waals surface area contributed by atoms with Gasteiger partial charge in [-0.1, -0.05) is 15.9 Å². The SMILES string of the molecule is Cc1cc2scc(CBr)c2cc1O. The van der Waals surface area contributed by atoms with E-state index in [1.807, 2.05) is 19.1 Å². The second-order valence-electron chi connectivity index (χ2n) is 3.03. The van der Waals surface area contributed by atoms with Crippen molar-refractivity contribution in [3.8, 4) is 5.75 Å². The van der Waals surface area contributed by atoms with Crippen molar-refractivity contribution in [2.45, 2.75) is 12.3 Å². The number of aryl methyl sites for hydroxylation is 1. The van der Waals surface area contributed by atoms with Crippen LogP contribution in [0.4, 0.5) is 0 Å². The van der Waals surface area contributed by atoms with E-state index in [4.69, 9.17) is 0 Å². The zero-order valence-corrected chi connectivity index (χ0v) is 9.58. The van der Waals surface area contributed by atoms with Crippen molar-refractivity contribution in [2.24, 2.45) is 0 Å². The molecule has 1 N–H and O–H groups in total. The van der Waals surface area contributed by atoms with Gasteiger partial charge in [0.1, 0.15) is 5.75 Å². The van der Waals surface area contributed by atoms with E-state index in [2.05, 4.69) is 21.3 Å². The van der Waals surface area contributed by atoms with Crippen LogP contribution in [0.1, 0.15) is 11.1 Å². The summed E-state index contributed by atoms with van der Waals surface area (Å²) < 4.78 is 1.24. The number of rotatable bonds is 1. The van der Waals surface area contributed by atoms with Gasteiger partial charge < -0.3 is 5.11 Å². The first-order valence-electron chi connectivity index (χ1n) is 3.98. The van der Waals surface area contributed by atoms with E-state index in [0.717, 1.165) is 16.3 Å². The third-order valence-electron chi connectivity index (χ3n) is 2.12. The van der Waals surface area contributed by atoms with Gasteiger partial charge in [-0.2, -0.15) is 0 Å². The van der Waals surface area contributed by atoms with E-state index in [1.54, 1.807) is 11.3 Å². The smallest absolute Gasteiger partial charge is 0.119 e. The number of benzene rings is 1. The third kappa shape index (κ3) is 1.46. The minimum absolute atomic E-state index is 0.383. The van der Waals surface area contributed by atoms with Gasteiger partial charge in [0.05, 0.1) is 0 Å². The highest BCUT2D eigenvalue weighted by Gasteiger charge is 2.05. The maximum absolute atomic E-state index is 9.54. The van der Waals surface area contributed by atoms with Gasteiger partial charge in [0.25, 0.3) is 0 Å². The molecule has 0 aliphatic heterocycles. The average Bonchev–Trinajstić information content (AvgIpc) is 2.48. The zero-order valence-electron chi connectivity index (χ0n) is 7.17. The fourth-order valence-electron chi connectivity index (χ4n) is 1.32. The molecule has 1 nitrogen and oxygen atoms in total. The maximum atomic E-state index is 9.54. The lowest BCUT2D eigenvalue weighted by Gasteiger charge is -1.99. The quantitative estimate of drug-likeness (QED) is 0.770. The molecular weight excluding hydrogens is 248 g/mol. The second-order valence-corrected chi connectivity index (χ2v) is 4.50. The summed E-state index contributed by atoms with van der Waals surface area (Å²) in [5.74, 6) is 0.383. The van der Waals surface area contributed by atoms with E-state index < -0.39 is 0 Å². The average molecular weight is 257 g/mol. The Labute approximate surface area is 89.1 Å². The summed E-state index contributed by atoms with van der Waals surface area (Å²) in [7, 11) is 0. The molecule has 1 aromatic heterocycles. The molecule has 1 heterocycles. The van der Waals surface area contributed by atoms with Gasteiger partial charge in [-0.3, -0.25) is 0 Å². The molecule has 0 aliphatic rings. The number of hydrogen-bond acceptors (Lipinski definition) is 2. The molecule has 0 spiro atoms. The molecule has 1 aromatic carbocycles. The topological polar surface area (TPSA) is 20.2 Å². The van der Waals surface area contributed by atoms with Gasteiger partial charge in [-0.15, -0.1) is 11.3 Å². The monoisotopic (exact) mass is 256 g/mol. The van der Waals surface area contributed by atoms with Crippen LogP contribution < -0.4 is 0 Å². The van der Waals surface area contributed by atoms with Crippen molar-refractivity contribution in [2.75, 3.05) is 0 Å². The molecule has 0 atom stereocenters. The molecule has 13 heavy (non-hydrogen) atoms. The largest absolute Gasteiger partial charge is 0.508 e. The lowest BCUT2D eigenvalue weighted by Crippen LogP contribution is -1.76. The van der Waals surface area contributed by atoms with Gasteiger partial charge in [0.15, 0.2) is 0 Å². The predicted molar refractivity (Wildman–Crippen MR) is 60.9 cm³/mol. The first kappa shape index (κ1) is 9.03. The van der Waals surface area contributed by atoms with E-state index in [1.165, 1.54) is 10.3 Å². The minimum atomic E-state index is 0.383. The Bertz CT molecular complexity index is 447. The van der Waals surface area contributed by atoms with E-state index in [-0.39, 0.29) is 0 Å².